The number of carbonyl (C=O) groups excluding carboxylic acids is 1. The minimum absolute atomic E-state index is 0.117. The van der Waals surface area contributed by atoms with Gasteiger partial charge in [-0.2, -0.15) is 0 Å². The molecule has 0 aromatic heterocycles. The number of Topliss-reactive ketones (excluding diaryl/α,β-unsaturated/α-hetero) is 1. The van der Waals surface area contributed by atoms with Gasteiger partial charge in [-0.05, 0) is 18.1 Å². The van der Waals surface area contributed by atoms with Gasteiger partial charge in [0.1, 0.15) is 0 Å². The van der Waals surface area contributed by atoms with Gasteiger partial charge in [0, 0.05) is 11.5 Å². The highest BCUT2D eigenvalue weighted by Gasteiger charge is 2.18. The molecular formula is C18H18O. The zero-order valence-corrected chi connectivity index (χ0v) is 11.4. The lowest BCUT2D eigenvalue weighted by molar-refractivity contribution is 0.0958. The van der Waals surface area contributed by atoms with E-state index in [4.69, 9.17) is 0 Å². The maximum Gasteiger partial charge on any atom is 0.170 e. The molecule has 19 heavy (non-hydrogen) atoms. The van der Waals surface area contributed by atoms with Crippen molar-refractivity contribution in [1.82, 2.24) is 0 Å². The quantitative estimate of drug-likeness (QED) is 0.729. The molecule has 1 unspecified atom stereocenters. The van der Waals surface area contributed by atoms with Crippen molar-refractivity contribution in [2.45, 2.75) is 13.8 Å². The second-order valence-corrected chi connectivity index (χ2v) is 4.84. The van der Waals surface area contributed by atoms with Gasteiger partial charge in [-0.25, -0.2) is 0 Å². The molecule has 1 heteroatoms. The van der Waals surface area contributed by atoms with E-state index in [0.29, 0.717) is 0 Å². The fourth-order valence-corrected chi connectivity index (χ4v) is 2.03. The molecule has 0 heterocycles. The minimum atomic E-state index is -0.204. The molecule has 0 N–H and O–H groups in total. The summed E-state index contributed by atoms with van der Waals surface area (Å²) in [6, 6.07) is 17.5. The normalized spacial score (nSPS) is 11.9. The monoisotopic (exact) mass is 250 g/mol. The van der Waals surface area contributed by atoms with Gasteiger partial charge in [-0.15, -0.1) is 0 Å². The molecule has 0 fully saturated rings. The first-order valence-electron chi connectivity index (χ1n) is 6.44. The van der Waals surface area contributed by atoms with Crippen LogP contribution in [0.1, 0.15) is 28.4 Å². The Hall–Kier alpha value is -2.15. The average Bonchev–Trinajstić information content (AvgIpc) is 2.46. The fraction of sp³-hybridized carbons (Fsp3) is 0.167. The minimum Gasteiger partial charge on any atom is -0.294 e. The SMILES string of the molecule is C=C(c1ccc(C)cc1)C(C)C(=O)c1ccccc1. The molecule has 0 aliphatic carbocycles. The molecule has 2 aromatic carbocycles. The molecule has 0 aliphatic rings. The van der Waals surface area contributed by atoms with Gasteiger partial charge in [0.2, 0.25) is 0 Å². The third kappa shape index (κ3) is 3.00. The lowest BCUT2D eigenvalue weighted by atomic mass is 9.88. The van der Waals surface area contributed by atoms with E-state index in [1.54, 1.807) is 0 Å². The van der Waals surface area contributed by atoms with E-state index in [1.807, 2.05) is 68.4 Å². The Morgan fingerprint density at radius 3 is 2.11 bits per heavy atom. The lowest BCUT2D eigenvalue weighted by Gasteiger charge is -2.14. The van der Waals surface area contributed by atoms with Gasteiger partial charge in [0.25, 0.3) is 0 Å². The smallest absolute Gasteiger partial charge is 0.170 e. The summed E-state index contributed by atoms with van der Waals surface area (Å²) >= 11 is 0. The number of aryl methyl sites for hydroxylation is 1. The van der Waals surface area contributed by atoms with E-state index in [1.165, 1.54) is 5.56 Å². The molecule has 0 radical (unpaired) electrons. The fourth-order valence-electron chi connectivity index (χ4n) is 2.03. The summed E-state index contributed by atoms with van der Waals surface area (Å²) in [5.41, 5.74) is 3.85. The van der Waals surface area contributed by atoms with Gasteiger partial charge < -0.3 is 0 Å². The third-order valence-electron chi connectivity index (χ3n) is 3.40. The number of allylic oxidation sites excluding steroid dienone is 1. The van der Waals surface area contributed by atoms with Crippen LogP contribution in [0.5, 0.6) is 0 Å². The van der Waals surface area contributed by atoms with Crippen LogP contribution in [0.15, 0.2) is 61.2 Å². The van der Waals surface area contributed by atoms with E-state index >= 15 is 0 Å². The molecule has 1 nitrogen and oxygen atoms in total. The van der Waals surface area contributed by atoms with Gasteiger partial charge in [-0.3, -0.25) is 4.79 Å². The predicted molar refractivity (Wildman–Crippen MR) is 80.1 cm³/mol. The van der Waals surface area contributed by atoms with Crippen molar-refractivity contribution < 1.29 is 4.79 Å². The molecule has 2 rings (SSSR count). The van der Waals surface area contributed by atoms with E-state index in [0.717, 1.165) is 16.7 Å². The van der Waals surface area contributed by atoms with Crippen LogP contribution >= 0.6 is 0 Å². The maximum absolute atomic E-state index is 12.4. The zero-order valence-electron chi connectivity index (χ0n) is 11.4. The van der Waals surface area contributed by atoms with Crippen LogP contribution in [-0.4, -0.2) is 5.78 Å². The summed E-state index contributed by atoms with van der Waals surface area (Å²) in [5, 5.41) is 0. The summed E-state index contributed by atoms with van der Waals surface area (Å²) in [6.07, 6.45) is 0. The first-order valence-corrected chi connectivity index (χ1v) is 6.44. The second-order valence-electron chi connectivity index (χ2n) is 4.84. The van der Waals surface area contributed by atoms with Crippen LogP contribution in [0.3, 0.4) is 0 Å². The first kappa shape index (κ1) is 13.3. The first-order chi connectivity index (χ1) is 9.09. The van der Waals surface area contributed by atoms with Crippen molar-refractivity contribution in [2.75, 3.05) is 0 Å². The maximum atomic E-state index is 12.4. The Labute approximate surface area is 114 Å². The molecule has 0 spiro atoms. The lowest BCUT2D eigenvalue weighted by Crippen LogP contribution is -2.12. The largest absolute Gasteiger partial charge is 0.294 e. The Morgan fingerprint density at radius 1 is 0.947 bits per heavy atom. The molecule has 2 aromatic rings. The number of hydrogen-bond acceptors (Lipinski definition) is 1. The molecule has 1 atom stereocenters. The van der Waals surface area contributed by atoms with Gasteiger partial charge >= 0.3 is 0 Å². The van der Waals surface area contributed by atoms with Gasteiger partial charge in [0.05, 0.1) is 0 Å². The Morgan fingerprint density at radius 2 is 1.53 bits per heavy atom. The van der Waals surface area contributed by atoms with E-state index < -0.39 is 0 Å². The van der Waals surface area contributed by atoms with Gasteiger partial charge in [0.15, 0.2) is 5.78 Å². The molecule has 0 bridgehead atoms. The highest BCUT2D eigenvalue weighted by atomic mass is 16.1. The number of rotatable bonds is 4. The van der Waals surface area contributed by atoms with Crippen LogP contribution in [0.2, 0.25) is 0 Å². The number of benzene rings is 2. The highest BCUT2D eigenvalue weighted by Crippen LogP contribution is 2.24. The van der Waals surface area contributed by atoms with Crippen LogP contribution in [0.25, 0.3) is 5.57 Å². The Kier molecular flexibility index (Phi) is 3.96. The average molecular weight is 250 g/mol. The van der Waals surface area contributed by atoms with Crippen LogP contribution < -0.4 is 0 Å². The van der Waals surface area contributed by atoms with Crippen LogP contribution in [-0.2, 0) is 0 Å². The molecule has 0 aliphatic heterocycles. The summed E-state index contributed by atoms with van der Waals surface area (Å²) in [5.74, 6) is -0.0868. The second kappa shape index (κ2) is 5.66. The summed E-state index contributed by atoms with van der Waals surface area (Å²) in [4.78, 5) is 12.4. The highest BCUT2D eigenvalue weighted by molar-refractivity contribution is 6.04. The van der Waals surface area contributed by atoms with Crippen LogP contribution in [0, 0.1) is 12.8 Å². The Bertz CT molecular complexity index is 579. The molecule has 0 saturated heterocycles. The molecular weight excluding hydrogens is 232 g/mol. The van der Waals surface area contributed by atoms with E-state index in [9.17, 15) is 4.79 Å². The predicted octanol–water partition coefficient (Wildman–Crippen LogP) is 4.53. The summed E-state index contributed by atoms with van der Waals surface area (Å²) in [6.45, 7) is 8.04. The van der Waals surface area contributed by atoms with Crippen molar-refractivity contribution in [3.63, 3.8) is 0 Å². The molecule has 0 saturated carbocycles. The zero-order chi connectivity index (χ0) is 13.8. The summed E-state index contributed by atoms with van der Waals surface area (Å²) < 4.78 is 0. The Balaban J connectivity index is 2.20. The third-order valence-corrected chi connectivity index (χ3v) is 3.40. The number of ketones is 1. The van der Waals surface area contributed by atoms with Crippen molar-refractivity contribution in [2.24, 2.45) is 5.92 Å². The van der Waals surface area contributed by atoms with Crippen molar-refractivity contribution in [3.8, 4) is 0 Å². The summed E-state index contributed by atoms with van der Waals surface area (Å²) in [7, 11) is 0. The van der Waals surface area contributed by atoms with Crippen LogP contribution in [0.4, 0.5) is 0 Å². The standard InChI is InChI=1S/C18H18O/c1-13-9-11-16(12-10-13)14(2)15(3)18(19)17-7-5-4-6-8-17/h4-12,15H,2H2,1,3H3. The van der Waals surface area contributed by atoms with E-state index in [-0.39, 0.29) is 11.7 Å². The topological polar surface area (TPSA) is 17.1 Å². The molecule has 0 amide bonds. The van der Waals surface area contributed by atoms with Crippen molar-refractivity contribution in [1.29, 1.82) is 0 Å². The number of carbonyl (C=O) groups is 1. The number of hydrogen-bond donors (Lipinski definition) is 0. The van der Waals surface area contributed by atoms with E-state index in [2.05, 4.69) is 6.58 Å². The van der Waals surface area contributed by atoms with Crippen molar-refractivity contribution in [3.05, 3.63) is 77.9 Å². The van der Waals surface area contributed by atoms with Gasteiger partial charge in [-0.1, -0.05) is 73.7 Å². The van der Waals surface area contributed by atoms with Crippen molar-refractivity contribution >= 4 is 11.4 Å². The molecule has 96 valence electrons.